The average molecular weight is 437 g/mol. The molecule has 1 heterocycles. The van der Waals surface area contributed by atoms with Gasteiger partial charge in [0.25, 0.3) is 5.91 Å². The fraction of sp³-hybridized carbons (Fsp3) is 0.208. The molecule has 3 N–H and O–H groups in total. The molecule has 1 aromatic heterocycles. The van der Waals surface area contributed by atoms with Crippen molar-refractivity contribution in [3.8, 4) is 16.2 Å². The van der Waals surface area contributed by atoms with Crippen molar-refractivity contribution >= 4 is 28.9 Å². The molecule has 0 saturated carbocycles. The van der Waals surface area contributed by atoms with E-state index in [-0.39, 0.29) is 22.3 Å². The number of carbonyl (C=O) groups excluding carboxylic acids is 1. The average Bonchev–Trinajstić information content (AvgIpc) is 3.12. The minimum Gasteiger partial charge on any atom is -0.506 e. The minimum absolute atomic E-state index is 0.0522. The zero-order chi connectivity index (χ0) is 22.8. The largest absolute Gasteiger partial charge is 0.506 e. The van der Waals surface area contributed by atoms with Gasteiger partial charge in [0, 0.05) is 10.9 Å². The Kier molecular flexibility index (Phi) is 6.27. The Balaban J connectivity index is 1.76. The first-order valence-electron chi connectivity index (χ1n) is 9.67. The number of hydrogen-bond donors (Lipinski definition) is 3. The minimum atomic E-state index is -1.06. The molecule has 3 rings (SSSR count). The topological polar surface area (TPSA) is 99.0 Å². The van der Waals surface area contributed by atoms with Crippen molar-refractivity contribution in [2.24, 2.45) is 5.10 Å². The van der Waals surface area contributed by atoms with Gasteiger partial charge < -0.3 is 10.2 Å². The second-order valence-electron chi connectivity index (χ2n) is 8.18. The van der Waals surface area contributed by atoms with E-state index < -0.39 is 11.9 Å². The van der Waals surface area contributed by atoms with Gasteiger partial charge in [0.2, 0.25) is 0 Å². The predicted octanol–water partition coefficient (Wildman–Crippen LogP) is 5.27. The van der Waals surface area contributed by atoms with Gasteiger partial charge in [0.05, 0.1) is 21.7 Å². The summed E-state index contributed by atoms with van der Waals surface area (Å²) in [6.07, 6.45) is 0. The Bertz CT molecular complexity index is 1140. The van der Waals surface area contributed by atoms with Gasteiger partial charge in [-0.1, -0.05) is 45.0 Å². The number of amides is 1. The maximum atomic E-state index is 12.3. The summed E-state index contributed by atoms with van der Waals surface area (Å²) < 4.78 is 0. The quantitative estimate of drug-likeness (QED) is 0.375. The highest BCUT2D eigenvalue weighted by atomic mass is 32.1. The van der Waals surface area contributed by atoms with Crippen LogP contribution in [0.3, 0.4) is 0 Å². The summed E-state index contributed by atoms with van der Waals surface area (Å²) in [7, 11) is 0. The van der Waals surface area contributed by atoms with Crippen molar-refractivity contribution in [3.05, 3.63) is 76.2 Å². The molecular formula is C24H24N2O4S. The summed E-state index contributed by atoms with van der Waals surface area (Å²) >= 11 is 1.41. The number of benzene rings is 2. The van der Waals surface area contributed by atoms with Crippen LogP contribution in [0.5, 0.6) is 5.75 Å². The number of rotatable bonds is 5. The van der Waals surface area contributed by atoms with Crippen LogP contribution in [-0.2, 0) is 5.41 Å². The lowest BCUT2D eigenvalue weighted by Crippen LogP contribution is -2.19. The van der Waals surface area contributed by atoms with E-state index in [9.17, 15) is 14.7 Å². The maximum absolute atomic E-state index is 12.3. The summed E-state index contributed by atoms with van der Waals surface area (Å²) in [4.78, 5) is 23.9. The van der Waals surface area contributed by atoms with Crippen LogP contribution in [-0.4, -0.2) is 27.8 Å². The van der Waals surface area contributed by atoms with Crippen molar-refractivity contribution < 1.29 is 19.8 Å². The van der Waals surface area contributed by atoms with Crippen LogP contribution in [0.25, 0.3) is 10.4 Å². The molecule has 2 aromatic carbocycles. The lowest BCUT2D eigenvalue weighted by Gasteiger charge is -2.19. The standard InChI is InChI=1S/C24H24N2O4S/c1-14(25-26-22(28)16-5-7-17(8-6-16)23(29)30)19-13-31-21(20(19)27)15-9-11-18(12-10-15)24(2,3)4/h5-13,27H,1-4H3,(H,26,28)(H,29,30). The van der Waals surface area contributed by atoms with Crippen LogP contribution < -0.4 is 5.43 Å². The van der Waals surface area contributed by atoms with Gasteiger partial charge in [-0.3, -0.25) is 4.79 Å². The van der Waals surface area contributed by atoms with Gasteiger partial charge in [-0.2, -0.15) is 5.10 Å². The van der Waals surface area contributed by atoms with Crippen LogP contribution in [0.1, 0.15) is 59.5 Å². The number of aromatic hydroxyl groups is 1. The van der Waals surface area contributed by atoms with E-state index in [4.69, 9.17) is 5.11 Å². The summed E-state index contributed by atoms with van der Waals surface area (Å²) in [5.74, 6) is -1.41. The lowest BCUT2D eigenvalue weighted by atomic mass is 9.86. The molecular weight excluding hydrogens is 412 g/mol. The van der Waals surface area contributed by atoms with Crippen LogP contribution in [0.2, 0.25) is 0 Å². The van der Waals surface area contributed by atoms with Crippen molar-refractivity contribution in [2.45, 2.75) is 33.1 Å². The van der Waals surface area contributed by atoms with Gasteiger partial charge in [-0.05, 0) is 47.7 Å². The van der Waals surface area contributed by atoms with Gasteiger partial charge in [-0.25, -0.2) is 10.2 Å². The fourth-order valence-corrected chi connectivity index (χ4v) is 3.97. The van der Waals surface area contributed by atoms with Crippen LogP contribution in [0.4, 0.5) is 0 Å². The normalized spacial score (nSPS) is 11.9. The number of thiophene rings is 1. The fourth-order valence-electron chi connectivity index (χ4n) is 2.96. The van der Waals surface area contributed by atoms with E-state index in [2.05, 4.69) is 43.4 Å². The van der Waals surface area contributed by atoms with Crippen molar-refractivity contribution in [2.75, 3.05) is 0 Å². The smallest absolute Gasteiger partial charge is 0.335 e. The summed E-state index contributed by atoms with van der Waals surface area (Å²) in [5, 5.41) is 25.5. The van der Waals surface area contributed by atoms with E-state index in [0.29, 0.717) is 11.3 Å². The maximum Gasteiger partial charge on any atom is 0.335 e. The number of carbonyl (C=O) groups is 2. The molecule has 0 aliphatic heterocycles. The molecule has 1 amide bonds. The van der Waals surface area contributed by atoms with Gasteiger partial charge in [-0.15, -0.1) is 11.3 Å². The Morgan fingerprint density at radius 2 is 1.55 bits per heavy atom. The molecule has 0 bridgehead atoms. The van der Waals surface area contributed by atoms with Crippen LogP contribution >= 0.6 is 11.3 Å². The summed E-state index contributed by atoms with van der Waals surface area (Å²) in [5.41, 5.74) is 6.01. The molecule has 160 valence electrons. The Morgan fingerprint density at radius 3 is 2.10 bits per heavy atom. The van der Waals surface area contributed by atoms with Crippen LogP contribution in [0, 0.1) is 0 Å². The SMILES string of the molecule is CC(=NNC(=O)c1ccc(C(=O)O)cc1)c1csc(-c2ccc(C(C)(C)C)cc2)c1O. The molecule has 0 unspecified atom stereocenters. The Labute approximate surface area is 184 Å². The molecule has 0 aliphatic carbocycles. The number of nitrogens with zero attached hydrogens (tertiary/aromatic N) is 1. The molecule has 0 saturated heterocycles. The third-order valence-electron chi connectivity index (χ3n) is 4.89. The molecule has 6 nitrogen and oxygen atoms in total. The van der Waals surface area contributed by atoms with E-state index >= 15 is 0 Å². The highest BCUT2D eigenvalue weighted by Crippen LogP contribution is 2.39. The number of carboxylic acid groups (broad SMARTS) is 1. The second-order valence-corrected chi connectivity index (χ2v) is 9.05. The molecule has 0 aliphatic rings. The van der Waals surface area contributed by atoms with Gasteiger partial charge in [0.15, 0.2) is 0 Å². The first kappa shape index (κ1) is 22.2. The van der Waals surface area contributed by atoms with E-state index in [1.54, 1.807) is 12.3 Å². The highest BCUT2D eigenvalue weighted by Gasteiger charge is 2.17. The van der Waals surface area contributed by atoms with Crippen molar-refractivity contribution in [1.82, 2.24) is 5.43 Å². The lowest BCUT2D eigenvalue weighted by molar-refractivity contribution is 0.0696. The van der Waals surface area contributed by atoms with E-state index in [1.165, 1.54) is 41.2 Å². The molecule has 0 radical (unpaired) electrons. The molecule has 0 fully saturated rings. The molecule has 0 atom stereocenters. The highest BCUT2D eigenvalue weighted by molar-refractivity contribution is 7.14. The number of hydrazone groups is 1. The molecule has 3 aromatic rings. The van der Waals surface area contributed by atoms with E-state index in [1.807, 2.05) is 12.1 Å². The first-order chi connectivity index (χ1) is 14.6. The number of carboxylic acids is 1. The van der Waals surface area contributed by atoms with Gasteiger partial charge in [0.1, 0.15) is 5.75 Å². The number of aromatic carboxylic acids is 1. The predicted molar refractivity (Wildman–Crippen MR) is 123 cm³/mol. The monoisotopic (exact) mass is 436 g/mol. The van der Waals surface area contributed by atoms with Gasteiger partial charge >= 0.3 is 5.97 Å². The second kappa shape index (κ2) is 8.73. The molecule has 31 heavy (non-hydrogen) atoms. The first-order valence-corrected chi connectivity index (χ1v) is 10.6. The van der Waals surface area contributed by atoms with Crippen molar-refractivity contribution in [1.29, 1.82) is 0 Å². The summed E-state index contributed by atoms with van der Waals surface area (Å²) in [6.45, 7) is 8.15. The third kappa shape index (κ3) is 5.00. The van der Waals surface area contributed by atoms with Crippen LogP contribution in [0.15, 0.2) is 59.0 Å². The van der Waals surface area contributed by atoms with E-state index in [0.717, 1.165) is 10.4 Å². The molecule has 0 spiro atoms. The zero-order valence-corrected chi connectivity index (χ0v) is 18.6. The Morgan fingerprint density at radius 1 is 0.968 bits per heavy atom. The zero-order valence-electron chi connectivity index (χ0n) is 17.8. The number of hydrogen-bond acceptors (Lipinski definition) is 5. The summed E-state index contributed by atoms with van der Waals surface area (Å²) in [6, 6.07) is 13.7. The van der Waals surface area contributed by atoms with Crippen molar-refractivity contribution in [3.63, 3.8) is 0 Å². The Hall–Kier alpha value is -3.45. The molecule has 7 heteroatoms. The number of nitrogens with one attached hydrogen (secondary N) is 1. The third-order valence-corrected chi connectivity index (χ3v) is 5.91.